The molecule has 0 fully saturated rings. The summed E-state index contributed by atoms with van der Waals surface area (Å²) < 4.78 is 4.34. The SMILES string of the molecule is CCn1c(Sc2nc3ccccc3s2)nnc1-c1ccccc1C. The summed E-state index contributed by atoms with van der Waals surface area (Å²) in [6, 6.07) is 16.5. The molecule has 0 unspecified atom stereocenters. The fourth-order valence-electron chi connectivity index (χ4n) is 2.65. The summed E-state index contributed by atoms with van der Waals surface area (Å²) in [4.78, 5) is 4.68. The Hall–Kier alpha value is -2.18. The molecule has 4 rings (SSSR count). The third kappa shape index (κ3) is 2.72. The van der Waals surface area contributed by atoms with Crippen molar-refractivity contribution in [1.82, 2.24) is 19.7 Å². The van der Waals surface area contributed by atoms with E-state index in [0.29, 0.717) is 0 Å². The predicted octanol–water partition coefficient (Wildman–Crippen LogP) is 5.03. The Morgan fingerprint density at radius 1 is 1.04 bits per heavy atom. The molecule has 0 amide bonds. The van der Waals surface area contributed by atoms with Gasteiger partial charge in [0.05, 0.1) is 10.2 Å². The maximum Gasteiger partial charge on any atom is 0.198 e. The number of aryl methyl sites for hydroxylation is 1. The Labute approximate surface area is 148 Å². The molecule has 0 spiro atoms. The monoisotopic (exact) mass is 352 g/mol. The highest BCUT2D eigenvalue weighted by Crippen LogP contribution is 2.35. The molecule has 4 aromatic rings. The molecule has 6 heteroatoms. The van der Waals surface area contributed by atoms with Crippen molar-refractivity contribution in [1.29, 1.82) is 0 Å². The van der Waals surface area contributed by atoms with Crippen LogP contribution >= 0.6 is 23.1 Å². The van der Waals surface area contributed by atoms with Crippen molar-refractivity contribution in [2.45, 2.75) is 29.9 Å². The highest BCUT2D eigenvalue weighted by Gasteiger charge is 2.16. The number of hydrogen-bond acceptors (Lipinski definition) is 5. The molecule has 2 aromatic heterocycles. The van der Waals surface area contributed by atoms with Gasteiger partial charge in [0, 0.05) is 12.1 Å². The fraction of sp³-hybridized carbons (Fsp3) is 0.167. The summed E-state index contributed by atoms with van der Waals surface area (Å²) in [6.07, 6.45) is 0. The Kier molecular flexibility index (Phi) is 4.08. The molecule has 24 heavy (non-hydrogen) atoms. The first-order valence-corrected chi connectivity index (χ1v) is 9.42. The van der Waals surface area contributed by atoms with Gasteiger partial charge >= 0.3 is 0 Å². The van der Waals surface area contributed by atoms with E-state index in [0.717, 1.165) is 32.9 Å². The van der Waals surface area contributed by atoms with E-state index in [2.05, 4.69) is 51.8 Å². The smallest absolute Gasteiger partial charge is 0.198 e. The van der Waals surface area contributed by atoms with Crippen molar-refractivity contribution in [2.24, 2.45) is 0 Å². The topological polar surface area (TPSA) is 43.6 Å². The molecule has 4 nitrogen and oxygen atoms in total. The standard InChI is InChI=1S/C18H16N4S2/c1-3-22-16(13-9-5-4-8-12(13)2)20-21-17(22)24-18-19-14-10-6-7-11-15(14)23-18/h4-11H,3H2,1-2H3. The number of aromatic nitrogens is 4. The van der Waals surface area contributed by atoms with Crippen LogP contribution < -0.4 is 0 Å². The summed E-state index contributed by atoms with van der Waals surface area (Å²) in [7, 11) is 0. The number of para-hydroxylation sites is 1. The normalized spacial score (nSPS) is 11.2. The van der Waals surface area contributed by atoms with Gasteiger partial charge in [0.15, 0.2) is 15.3 Å². The number of hydrogen-bond donors (Lipinski definition) is 0. The van der Waals surface area contributed by atoms with Crippen LogP contribution in [0.2, 0.25) is 0 Å². The lowest BCUT2D eigenvalue weighted by Crippen LogP contribution is -2.00. The van der Waals surface area contributed by atoms with Crippen LogP contribution in [0.3, 0.4) is 0 Å². The van der Waals surface area contributed by atoms with Gasteiger partial charge in [-0.2, -0.15) is 0 Å². The molecule has 2 heterocycles. The van der Waals surface area contributed by atoms with Crippen LogP contribution in [0, 0.1) is 6.92 Å². The van der Waals surface area contributed by atoms with Crippen molar-refractivity contribution in [3.05, 3.63) is 54.1 Å². The first kappa shape index (κ1) is 15.4. The molecule has 0 N–H and O–H groups in total. The van der Waals surface area contributed by atoms with Crippen molar-refractivity contribution < 1.29 is 0 Å². The minimum atomic E-state index is 0.823. The number of thiazole rings is 1. The summed E-state index contributed by atoms with van der Waals surface area (Å²) in [6.45, 7) is 5.04. The Morgan fingerprint density at radius 2 is 1.83 bits per heavy atom. The van der Waals surface area contributed by atoms with E-state index in [1.165, 1.54) is 10.3 Å². The van der Waals surface area contributed by atoms with E-state index in [9.17, 15) is 0 Å². The zero-order chi connectivity index (χ0) is 16.5. The van der Waals surface area contributed by atoms with E-state index in [1.807, 2.05) is 30.3 Å². The van der Waals surface area contributed by atoms with Crippen LogP contribution in [-0.2, 0) is 6.54 Å². The third-order valence-electron chi connectivity index (χ3n) is 3.87. The average Bonchev–Trinajstić information content (AvgIpc) is 3.18. The molecule has 0 saturated heterocycles. The van der Waals surface area contributed by atoms with E-state index in [-0.39, 0.29) is 0 Å². The van der Waals surface area contributed by atoms with Crippen molar-refractivity contribution in [3.63, 3.8) is 0 Å². The zero-order valence-electron chi connectivity index (χ0n) is 13.4. The summed E-state index contributed by atoms with van der Waals surface area (Å²) in [5.74, 6) is 0.916. The Morgan fingerprint density at radius 3 is 2.62 bits per heavy atom. The van der Waals surface area contributed by atoms with Crippen LogP contribution in [0.4, 0.5) is 0 Å². The number of rotatable bonds is 4. The molecule has 0 atom stereocenters. The Balaban J connectivity index is 1.72. The fourth-order valence-corrected chi connectivity index (χ4v) is 4.71. The second kappa shape index (κ2) is 6.37. The number of benzene rings is 2. The molecule has 0 aliphatic rings. The highest BCUT2D eigenvalue weighted by molar-refractivity contribution is 8.01. The molecule has 0 bridgehead atoms. The molecule has 120 valence electrons. The first-order chi connectivity index (χ1) is 11.8. The van der Waals surface area contributed by atoms with E-state index in [4.69, 9.17) is 0 Å². The molecule has 2 aromatic carbocycles. The van der Waals surface area contributed by atoms with Crippen LogP contribution in [-0.4, -0.2) is 19.7 Å². The maximum absolute atomic E-state index is 4.68. The van der Waals surface area contributed by atoms with E-state index >= 15 is 0 Å². The molecule has 0 aliphatic heterocycles. The number of fused-ring (bicyclic) bond motifs is 1. The summed E-state index contributed by atoms with van der Waals surface area (Å²) >= 11 is 3.27. The largest absolute Gasteiger partial charge is 0.302 e. The van der Waals surface area contributed by atoms with Gasteiger partial charge in [-0.25, -0.2) is 4.98 Å². The van der Waals surface area contributed by atoms with Crippen LogP contribution in [0.25, 0.3) is 21.6 Å². The maximum atomic E-state index is 4.68. The summed E-state index contributed by atoms with van der Waals surface area (Å²) in [5, 5.41) is 9.73. The predicted molar refractivity (Wildman–Crippen MR) is 99.6 cm³/mol. The van der Waals surface area contributed by atoms with Gasteiger partial charge in [-0.15, -0.1) is 21.5 Å². The lowest BCUT2D eigenvalue weighted by Gasteiger charge is -2.08. The molecule has 0 aliphatic carbocycles. The van der Waals surface area contributed by atoms with Crippen LogP contribution in [0.15, 0.2) is 58.0 Å². The summed E-state index contributed by atoms with van der Waals surface area (Å²) in [5.41, 5.74) is 3.37. The molecule has 0 radical (unpaired) electrons. The second-order valence-corrected chi connectivity index (χ2v) is 7.66. The Bertz CT molecular complexity index is 970. The molecule has 0 saturated carbocycles. The quantitative estimate of drug-likeness (QED) is 0.516. The van der Waals surface area contributed by atoms with Gasteiger partial charge < -0.3 is 4.57 Å². The van der Waals surface area contributed by atoms with Crippen molar-refractivity contribution >= 4 is 33.3 Å². The zero-order valence-corrected chi connectivity index (χ0v) is 15.1. The van der Waals surface area contributed by atoms with Gasteiger partial charge in [0.25, 0.3) is 0 Å². The van der Waals surface area contributed by atoms with Gasteiger partial charge in [0.1, 0.15) is 0 Å². The highest BCUT2D eigenvalue weighted by atomic mass is 32.2. The van der Waals surface area contributed by atoms with Gasteiger partial charge in [-0.05, 0) is 43.3 Å². The van der Waals surface area contributed by atoms with Crippen LogP contribution in [0.5, 0.6) is 0 Å². The minimum absolute atomic E-state index is 0.823. The first-order valence-electron chi connectivity index (χ1n) is 7.79. The van der Waals surface area contributed by atoms with Crippen LogP contribution in [0.1, 0.15) is 12.5 Å². The van der Waals surface area contributed by atoms with E-state index in [1.54, 1.807) is 23.1 Å². The van der Waals surface area contributed by atoms with Crippen molar-refractivity contribution in [3.8, 4) is 11.4 Å². The minimum Gasteiger partial charge on any atom is -0.302 e. The van der Waals surface area contributed by atoms with E-state index < -0.39 is 0 Å². The number of nitrogens with zero attached hydrogens (tertiary/aromatic N) is 4. The van der Waals surface area contributed by atoms with Crippen molar-refractivity contribution in [2.75, 3.05) is 0 Å². The molecular weight excluding hydrogens is 336 g/mol. The average molecular weight is 352 g/mol. The van der Waals surface area contributed by atoms with Gasteiger partial charge in [-0.3, -0.25) is 0 Å². The lowest BCUT2D eigenvalue weighted by molar-refractivity contribution is 0.687. The lowest BCUT2D eigenvalue weighted by atomic mass is 10.1. The molecular formula is C18H16N4S2. The van der Waals surface area contributed by atoms with Gasteiger partial charge in [0.2, 0.25) is 0 Å². The second-order valence-electron chi connectivity index (χ2n) is 5.41. The third-order valence-corrected chi connectivity index (χ3v) is 5.95. The van der Waals surface area contributed by atoms with Gasteiger partial charge in [-0.1, -0.05) is 36.4 Å².